The maximum absolute atomic E-state index is 12.2. The number of hydrogen-bond acceptors (Lipinski definition) is 2. The molecule has 0 aliphatic heterocycles. The summed E-state index contributed by atoms with van der Waals surface area (Å²) < 4.78 is 6.89. The van der Waals surface area contributed by atoms with E-state index in [2.05, 4.69) is 5.92 Å². The zero-order valence-electron chi connectivity index (χ0n) is 10.3. The number of ether oxygens (including phenoxy) is 1. The fourth-order valence-electron chi connectivity index (χ4n) is 1.59. The molecule has 4 nitrogen and oxygen atoms in total. The minimum absolute atomic E-state index is 0.0356. The summed E-state index contributed by atoms with van der Waals surface area (Å²) in [5.74, 6) is 2.46. The highest BCUT2D eigenvalue weighted by Gasteiger charge is 2.16. The molecule has 0 spiro atoms. The van der Waals surface area contributed by atoms with Crippen LogP contribution in [0.1, 0.15) is 17.4 Å². The molecule has 0 unspecified atom stereocenters. The van der Waals surface area contributed by atoms with Gasteiger partial charge >= 0.3 is 0 Å². The van der Waals surface area contributed by atoms with E-state index in [4.69, 9.17) is 11.2 Å². The lowest BCUT2D eigenvalue weighted by Gasteiger charge is -2.19. The second-order valence-electron chi connectivity index (χ2n) is 3.60. The summed E-state index contributed by atoms with van der Waals surface area (Å²) in [6.45, 7) is 4.11. The van der Waals surface area contributed by atoms with Gasteiger partial charge in [-0.1, -0.05) is 5.92 Å². The van der Waals surface area contributed by atoms with Crippen LogP contribution in [-0.2, 0) is 11.3 Å². The Hall–Kier alpha value is -1.73. The number of carbonyl (C=O) groups is 1. The highest BCUT2D eigenvalue weighted by molar-refractivity contribution is 5.92. The van der Waals surface area contributed by atoms with Crippen molar-refractivity contribution in [2.75, 3.05) is 26.8 Å². The number of amides is 1. The SMILES string of the molecule is C#CCN(CC)C(=O)c1cccn1CCOC. The van der Waals surface area contributed by atoms with E-state index in [9.17, 15) is 4.79 Å². The van der Waals surface area contributed by atoms with Crippen LogP contribution in [0.4, 0.5) is 0 Å². The molecule has 92 valence electrons. The molecular weight excluding hydrogens is 216 g/mol. The van der Waals surface area contributed by atoms with Gasteiger partial charge in [0.05, 0.1) is 13.2 Å². The van der Waals surface area contributed by atoms with Crippen LogP contribution in [0.25, 0.3) is 0 Å². The molecule has 0 bridgehead atoms. The quantitative estimate of drug-likeness (QED) is 0.694. The molecule has 0 aliphatic rings. The van der Waals surface area contributed by atoms with Crippen molar-refractivity contribution in [1.29, 1.82) is 0 Å². The molecule has 0 aromatic carbocycles. The topological polar surface area (TPSA) is 34.5 Å². The first-order valence-electron chi connectivity index (χ1n) is 5.61. The van der Waals surface area contributed by atoms with Gasteiger partial charge in [0, 0.05) is 26.4 Å². The van der Waals surface area contributed by atoms with E-state index < -0.39 is 0 Å². The van der Waals surface area contributed by atoms with E-state index in [1.165, 1.54) is 0 Å². The Balaban J connectivity index is 2.80. The lowest BCUT2D eigenvalue weighted by Crippen LogP contribution is -2.32. The van der Waals surface area contributed by atoms with Crippen molar-refractivity contribution in [2.45, 2.75) is 13.5 Å². The number of methoxy groups -OCH3 is 1. The highest BCUT2D eigenvalue weighted by Crippen LogP contribution is 2.07. The van der Waals surface area contributed by atoms with Gasteiger partial charge in [0.2, 0.25) is 0 Å². The lowest BCUT2D eigenvalue weighted by molar-refractivity contribution is 0.0771. The normalized spacial score (nSPS) is 9.94. The first-order valence-corrected chi connectivity index (χ1v) is 5.61. The van der Waals surface area contributed by atoms with Crippen molar-refractivity contribution < 1.29 is 9.53 Å². The van der Waals surface area contributed by atoms with Gasteiger partial charge in [-0.2, -0.15) is 0 Å². The molecule has 0 saturated carbocycles. The average Bonchev–Trinajstić information content (AvgIpc) is 2.80. The van der Waals surface area contributed by atoms with Gasteiger partial charge in [-0.05, 0) is 19.1 Å². The van der Waals surface area contributed by atoms with Gasteiger partial charge in [0.1, 0.15) is 5.69 Å². The maximum Gasteiger partial charge on any atom is 0.271 e. The molecule has 0 fully saturated rings. The van der Waals surface area contributed by atoms with E-state index >= 15 is 0 Å². The zero-order chi connectivity index (χ0) is 12.7. The maximum atomic E-state index is 12.2. The third kappa shape index (κ3) is 3.36. The van der Waals surface area contributed by atoms with Crippen molar-refractivity contribution in [3.8, 4) is 12.3 Å². The predicted octanol–water partition coefficient (Wildman–Crippen LogP) is 1.23. The highest BCUT2D eigenvalue weighted by atomic mass is 16.5. The Morgan fingerprint density at radius 1 is 1.65 bits per heavy atom. The second-order valence-corrected chi connectivity index (χ2v) is 3.60. The van der Waals surface area contributed by atoms with Crippen molar-refractivity contribution >= 4 is 5.91 Å². The molecule has 1 rings (SSSR count). The minimum atomic E-state index is -0.0356. The average molecular weight is 234 g/mol. The van der Waals surface area contributed by atoms with Gasteiger partial charge in [-0.25, -0.2) is 0 Å². The first-order chi connectivity index (χ1) is 8.24. The van der Waals surface area contributed by atoms with Crippen LogP contribution in [0.3, 0.4) is 0 Å². The Bertz CT molecular complexity index is 404. The largest absolute Gasteiger partial charge is 0.383 e. The summed E-state index contributed by atoms with van der Waals surface area (Å²) in [6.07, 6.45) is 7.11. The molecule has 17 heavy (non-hydrogen) atoms. The third-order valence-corrected chi connectivity index (χ3v) is 2.54. The fourth-order valence-corrected chi connectivity index (χ4v) is 1.59. The molecule has 0 N–H and O–H groups in total. The van der Waals surface area contributed by atoms with Crippen LogP contribution in [0.2, 0.25) is 0 Å². The summed E-state index contributed by atoms with van der Waals surface area (Å²) in [7, 11) is 1.64. The number of rotatable bonds is 6. The Kier molecular flexibility index (Phi) is 5.31. The molecule has 4 heteroatoms. The van der Waals surface area contributed by atoms with E-state index in [1.54, 1.807) is 18.1 Å². The van der Waals surface area contributed by atoms with Crippen LogP contribution in [0.15, 0.2) is 18.3 Å². The van der Waals surface area contributed by atoms with Crippen LogP contribution < -0.4 is 0 Å². The van der Waals surface area contributed by atoms with Crippen LogP contribution in [0.5, 0.6) is 0 Å². The summed E-state index contributed by atoms with van der Waals surface area (Å²) in [5.41, 5.74) is 0.652. The standard InChI is InChI=1S/C13H18N2O2/c1-4-8-14(5-2)13(16)12-7-6-9-15(12)10-11-17-3/h1,6-7,9H,5,8,10-11H2,2-3H3. The molecule has 0 saturated heterocycles. The van der Waals surface area contributed by atoms with E-state index in [1.807, 2.05) is 23.8 Å². The molecular formula is C13H18N2O2. The van der Waals surface area contributed by atoms with Crippen LogP contribution >= 0.6 is 0 Å². The molecule has 1 aromatic rings. The van der Waals surface area contributed by atoms with Gasteiger partial charge in [-0.15, -0.1) is 6.42 Å². The first kappa shape index (κ1) is 13.3. The molecule has 1 aromatic heterocycles. The van der Waals surface area contributed by atoms with Gasteiger partial charge in [-0.3, -0.25) is 4.79 Å². The smallest absolute Gasteiger partial charge is 0.271 e. The fraction of sp³-hybridized carbons (Fsp3) is 0.462. The van der Waals surface area contributed by atoms with E-state index in [-0.39, 0.29) is 5.91 Å². The summed E-state index contributed by atoms with van der Waals surface area (Å²) in [6, 6.07) is 3.66. The van der Waals surface area contributed by atoms with Crippen molar-refractivity contribution in [2.24, 2.45) is 0 Å². The van der Waals surface area contributed by atoms with Crippen LogP contribution in [-0.4, -0.2) is 42.2 Å². The number of hydrogen-bond donors (Lipinski definition) is 0. The van der Waals surface area contributed by atoms with Crippen molar-refractivity contribution in [3.63, 3.8) is 0 Å². The number of terminal acetylenes is 1. The summed E-state index contributed by atoms with van der Waals surface area (Å²) >= 11 is 0. The summed E-state index contributed by atoms with van der Waals surface area (Å²) in [5, 5.41) is 0. The molecule has 0 radical (unpaired) electrons. The van der Waals surface area contributed by atoms with Crippen molar-refractivity contribution in [3.05, 3.63) is 24.0 Å². The monoisotopic (exact) mass is 234 g/mol. The number of carbonyl (C=O) groups excluding carboxylic acids is 1. The predicted molar refractivity (Wildman–Crippen MR) is 66.7 cm³/mol. The van der Waals surface area contributed by atoms with E-state index in [0.717, 1.165) is 0 Å². The van der Waals surface area contributed by atoms with Crippen molar-refractivity contribution in [1.82, 2.24) is 9.47 Å². The molecule has 0 atom stereocenters. The summed E-state index contributed by atoms with van der Waals surface area (Å²) in [4.78, 5) is 13.8. The van der Waals surface area contributed by atoms with Crippen LogP contribution in [0, 0.1) is 12.3 Å². The van der Waals surface area contributed by atoms with Gasteiger partial charge < -0.3 is 14.2 Å². The lowest BCUT2D eigenvalue weighted by atomic mass is 10.3. The van der Waals surface area contributed by atoms with Gasteiger partial charge in [0.25, 0.3) is 5.91 Å². The second kappa shape index (κ2) is 6.77. The Labute approximate surface area is 102 Å². The Morgan fingerprint density at radius 2 is 2.41 bits per heavy atom. The Morgan fingerprint density at radius 3 is 3.00 bits per heavy atom. The van der Waals surface area contributed by atoms with E-state index in [0.29, 0.717) is 31.9 Å². The number of aromatic nitrogens is 1. The molecule has 0 aliphatic carbocycles. The van der Waals surface area contributed by atoms with Gasteiger partial charge in [0.15, 0.2) is 0 Å². The molecule has 1 amide bonds. The minimum Gasteiger partial charge on any atom is -0.383 e. The zero-order valence-corrected chi connectivity index (χ0v) is 10.3. The third-order valence-electron chi connectivity index (χ3n) is 2.54. The molecule has 1 heterocycles. The number of nitrogens with zero attached hydrogens (tertiary/aromatic N) is 2.